The molecular weight excluding hydrogens is 531 g/mol. The number of likely N-dealkylation sites (tertiary alicyclic amines) is 1. The summed E-state index contributed by atoms with van der Waals surface area (Å²) in [5, 5.41) is 15.0. The number of hydrogen-bond donors (Lipinski definition) is 1. The molecule has 1 aliphatic rings. The lowest BCUT2D eigenvalue weighted by molar-refractivity contribution is -0.274. The number of aliphatic hydroxyl groups is 1. The summed E-state index contributed by atoms with van der Waals surface area (Å²) in [4.78, 5) is 17.9. The molecule has 202 valence electrons. The number of benzene rings is 2. The van der Waals surface area contributed by atoms with Crippen LogP contribution < -0.4 is 4.74 Å². The minimum Gasteiger partial charge on any atom is -0.406 e. The summed E-state index contributed by atoms with van der Waals surface area (Å²) in [5.41, 5.74) is -1.30. The fourth-order valence-electron chi connectivity index (χ4n) is 3.99. The van der Waals surface area contributed by atoms with Gasteiger partial charge in [0.1, 0.15) is 35.6 Å². The largest absolute Gasteiger partial charge is 0.573 e. The van der Waals surface area contributed by atoms with Crippen molar-refractivity contribution in [2.45, 2.75) is 35.9 Å². The van der Waals surface area contributed by atoms with Gasteiger partial charge in [-0.05, 0) is 29.8 Å². The second kappa shape index (κ2) is 11.1. The van der Waals surface area contributed by atoms with E-state index >= 15 is 0 Å². The summed E-state index contributed by atoms with van der Waals surface area (Å²) in [6.45, 7) is 2.36. The molecule has 13 heteroatoms. The molecule has 0 bridgehead atoms. The van der Waals surface area contributed by atoms with Gasteiger partial charge in [0.15, 0.2) is 0 Å². The van der Waals surface area contributed by atoms with Crippen molar-refractivity contribution in [2.75, 3.05) is 13.1 Å². The number of carbonyl (C=O) groups is 1. The van der Waals surface area contributed by atoms with E-state index in [0.29, 0.717) is 24.7 Å². The molecule has 0 aliphatic carbocycles. The van der Waals surface area contributed by atoms with E-state index in [0.717, 1.165) is 18.2 Å². The standard InChI is InChI=1S/C25H23F5N4O3S/c1-16(24(36,13-34-15-31-14-32-34)21-8-5-18(26)10-22(21)27)38-20-11-33(12-20)23(35)9-4-17-2-6-19(7-3-17)37-25(28,29)30/h2-10,14-16,20,36H,11-13H2,1H3/b9-4+. The third kappa shape index (κ3) is 6.70. The average molecular weight is 555 g/mol. The molecule has 0 saturated carbocycles. The zero-order valence-electron chi connectivity index (χ0n) is 20.0. The molecule has 1 aliphatic heterocycles. The monoisotopic (exact) mass is 554 g/mol. The maximum atomic E-state index is 14.7. The maximum Gasteiger partial charge on any atom is 0.573 e. The van der Waals surface area contributed by atoms with Crippen molar-refractivity contribution in [3.8, 4) is 5.75 Å². The number of hydrogen-bond acceptors (Lipinski definition) is 6. The Labute approximate surface area is 218 Å². The van der Waals surface area contributed by atoms with E-state index in [2.05, 4.69) is 14.8 Å². The highest BCUT2D eigenvalue weighted by Crippen LogP contribution is 2.39. The highest BCUT2D eigenvalue weighted by molar-refractivity contribution is 8.00. The summed E-state index contributed by atoms with van der Waals surface area (Å²) in [7, 11) is 0. The molecule has 0 radical (unpaired) electrons. The summed E-state index contributed by atoms with van der Waals surface area (Å²) in [6, 6.07) is 8.10. The third-order valence-corrected chi connectivity index (χ3v) is 7.51. The van der Waals surface area contributed by atoms with Crippen LogP contribution in [-0.4, -0.2) is 60.6 Å². The predicted octanol–water partition coefficient (Wildman–Crippen LogP) is 4.39. The number of aromatic nitrogens is 3. The van der Waals surface area contributed by atoms with Crippen LogP contribution in [0.3, 0.4) is 0 Å². The van der Waals surface area contributed by atoms with Crippen molar-refractivity contribution in [1.82, 2.24) is 19.7 Å². The Hall–Kier alpha value is -3.45. The van der Waals surface area contributed by atoms with Gasteiger partial charge in [0.25, 0.3) is 0 Å². The number of nitrogens with zero attached hydrogens (tertiary/aromatic N) is 4. The predicted molar refractivity (Wildman–Crippen MR) is 130 cm³/mol. The molecule has 2 heterocycles. The Bertz CT molecular complexity index is 1280. The third-order valence-electron chi connectivity index (χ3n) is 6.03. The first-order chi connectivity index (χ1) is 17.9. The molecule has 4 rings (SSSR count). The normalized spacial score (nSPS) is 16.8. The lowest BCUT2D eigenvalue weighted by Crippen LogP contribution is -2.53. The number of ether oxygens (including phenoxy) is 1. The summed E-state index contributed by atoms with van der Waals surface area (Å²) in [5.74, 6) is -2.29. The molecule has 1 fully saturated rings. The number of carbonyl (C=O) groups excluding carboxylic acids is 1. The van der Waals surface area contributed by atoms with Crippen LogP contribution in [0.5, 0.6) is 5.75 Å². The molecule has 7 nitrogen and oxygen atoms in total. The van der Waals surface area contributed by atoms with Gasteiger partial charge in [0, 0.05) is 41.3 Å². The molecular formula is C25H23F5N4O3S. The van der Waals surface area contributed by atoms with E-state index in [1.54, 1.807) is 11.8 Å². The van der Waals surface area contributed by atoms with Gasteiger partial charge in [0.2, 0.25) is 5.91 Å². The van der Waals surface area contributed by atoms with Gasteiger partial charge >= 0.3 is 6.36 Å². The molecule has 1 saturated heterocycles. The van der Waals surface area contributed by atoms with E-state index in [-0.39, 0.29) is 29.0 Å². The summed E-state index contributed by atoms with van der Waals surface area (Å²) >= 11 is 1.37. The van der Waals surface area contributed by atoms with Gasteiger partial charge in [-0.15, -0.1) is 24.9 Å². The van der Waals surface area contributed by atoms with E-state index in [1.807, 2.05) is 0 Å². The van der Waals surface area contributed by atoms with Gasteiger partial charge in [0.05, 0.1) is 6.54 Å². The van der Waals surface area contributed by atoms with Crippen LogP contribution in [0.15, 0.2) is 61.2 Å². The average Bonchev–Trinajstić information content (AvgIpc) is 3.32. The van der Waals surface area contributed by atoms with Crippen LogP contribution in [0.25, 0.3) is 6.08 Å². The Morgan fingerprint density at radius 1 is 1.21 bits per heavy atom. The van der Waals surface area contributed by atoms with E-state index < -0.39 is 28.8 Å². The molecule has 38 heavy (non-hydrogen) atoms. The first-order valence-corrected chi connectivity index (χ1v) is 12.4. The number of amides is 1. The smallest absolute Gasteiger partial charge is 0.406 e. The van der Waals surface area contributed by atoms with Crippen molar-refractivity contribution >= 4 is 23.7 Å². The van der Waals surface area contributed by atoms with Crippen LogP contribution in [-0.2, 0) is 16.9 Å². The Kier molecular flexibility index (Phi) is 8.07. The molecule has 1 aromatic heterocycles. The van der Waals surface area contributed by atoms with Crippen LogP contribution in [0.1, 0.15) is 18.1 Å². The minimum atomic E-state index is -4.78. The molecule has 3 aromatic rings. The van der Waals surface area contributed by atoms with Crippen molar-refractivity contribution in [1.29, 1.82) is 0 Å². The number of rotatable bonds is 9. The second-order valence-corrected chi connectivity index (χ2v) is 10.4. The highest BCUT2D eigenvalue weighted by atomic mass is 32.2. The lowest BCUT2D eigenvalue weighted by atomic mass is 9.90. The fourth-order valence-corrected chi connectivity index (χ4v) is 5.53. The molecule has 1 amide bonds. The van der Waals surface area contributed by atoms with Crippen LogP contribution >= 0.6 is 11.8 Å². The Balaban J connectivity index is 1.36. The van der Waals surface area contributed by atoms with Gasteiger partial charge in [-0.3, -0.25) is 4.79 Å². The molecule has 1 N–H and O–H groups in total. The van der Waals surface area contributed by atoms with Gasteiger partial charge in [-0.1, -0.05) is 25.1 Å². The fraction of sp³-hybridized carbons (Fsp3) is 0.320. The number of alkyl halides is 3. The zero-order chi connectivity index (χ0) is 27.5. The zero-order valence-corrected chi connectivity index (χ0v) is 20.8. The maximum absolute atomic E-state index is 14.7. The van der Waals surface area contributed by atoms with E-state index in [9.17, 15) is 31.9 Å². The Morgan fingerprint density at radius 3 is 2.53 bits per heavy atom. The summed E-state index contributed by atoms with van der Waals surface area (Å²) in [6.07, 6.45) is 0.690. The molecule has 2 aromatic carbocycles. The van der Waals surface area contributed by atoms with Crippen molar-refractivity contribution in [2.24, 2.45) is 0 Å². The van der Waals surface area contributed by atoms with Gasteiger partial charge < -0.3 is 14.7 Å². The summed E-state index contributed by atoms with van der Waals surface area (Å²) < 4.78 is 70.2. The second-order valence-electron chi connectivity index (χ2n) is 8.74. The van der Waals surface area contributed by atoms with Gasteiger partial charge in [-0.25, -0.2) is 18.4 Å². The Morgan fingerprint density at radius 2 is 1.92 bits per heavy atom. The van der Waals surface area contributed by atoms with Crippen LogP contribution in [0.2, 0.25) is 0 Å². The first kappa shape index (κ1) is 27.6. The molecule has 2 atom stereocenters. The van der Waals surface area contributed by atoms with Crippen LogP contribution in [0, 0.1) is 11.6 Å². The van der Waals surface area contributed by atoms with E-state index in [1.165, 1.54) is 59.4 Å². The SMILES string of the molecule is CC(SC1CN(C(=O)/C=C/c2ccc(OC(F)(F)F)cc2)C1)C(O)(Cn1cncn1)c1ccc(F)cc1F. The van der Waals surface area contributed by atoms with Gasteiger partial charge in [-0.2, -0.15) is 5.10 Å². The van der Waals surface area contributed by atoms with E-state index in [4.69, 9.17) is 0 Å². The lowest BCUT2D eigenvalue weighted by Gasteiger charge is -2.42. The molecule has 2 unspecified atom stereocenters. The number of halogens is 5. The number of thioether (sulfide) groups is 1. The van der Waals surface area contributed by atoms with Crippen molar-refractivity contribution in [3.05, 3.63) is 84.0 Å². The molecule has 0 spiro atoms. The van der Waals surface area contributed by atoms with Crippen molar-refractivity contribution in [3.63, 3.8) is 0 Å². The topological polar surface area (TPSA) is 80.5 Å². The quantitative estimate of drug-likeness (QED) is 0.312. The minimum absolute atomic E-state index is 0.0491. The first-order valence-electron chi connectivity index (χ1n) is 11.4. The van der Waals surface area contributed by atoms with Crippen molar-refractivity contribution < 1.29 is 36.6 Å². The van der Waals surface area contributed by atoms with Crippen LogP contribution in [0.4, 0.5) is 22.0 Å². The highest BCUT2D eigenvalue weighted by Gasteiger charge is 2.42.